The first kappa shape index (κ1) is 27.2. The fourth-order valence-electron chi connectivity index (χ4n) is 5.45. The standard InChI is InChI=1S/C31H34N4O5/c1-3-39-29(36)18-21-9-4-7-14-28(21)40-19-26-25-17-20(15-16-27(25)35(33-26)22-10-5-6-11-22)23-12-8-13-24(30(23)38-2)31(32)34-37/h4,7-9,12-17,22,37H,3,5-6,10-11,18-19H2,1-2H3,(H2,32,34). The van der Waals surface area contributed by atoms with Gasteiger partial charge in [-0.25, -0.2) is 0 Å². The number of nitrogens with zero attached hydrogens (tertiary/aromatic N) is 2. The third-order valence-corrected chi connectivity index (χ3v) is 7.34. The maximum atomic E-state index is 12.1. The van der Waals surface area contributed by atoms with Crippen molar-refractivity contribution in [2.24, 2.45) is 0 Å². The second-order valence-corrected chi connectivity index (χ2v) is 9.81. The predicted molar refractivity (Wildman–Crippen MR) is 152 cm³/mol. The van der Waals surface area contributed by atoms with Gasteiger partial charge in [-0.1, -0.05) is 49.2 Å². The molecule has 0 bridgehead atoms. The Balaban J connectivity index is 1.53. The molecule has 40 heavy (non-hydrogen) atoms. The number of rotatable bonds is 10. The minimum atomic E-state index is -0.292. The molecule has 1 aliphatic rings. The molecule has 9 heteroatoms. The van der Waals surface area contributed by atoms with Crippen LogP contribution in [0.15, 0.2) is 60.7 Å². The Hall–Kier alpha value is -4.37. The maximum Gasteiger partial charge on any atom is 0.310 e. The van der Waals surface area contributed by atoms with Gasteiger partial charge in [-0.2, -0.15) is 5.10 Å². The third kappa shape index (κ3) is 5.51. The number of hydrogen-bond acceptors (Lipinski definition) is 7. The van der Waals surface area contributed by atoms with E-state index in [1.165, 1.54) is 12.8 Å². The number of carbonyl (C=O) groups is 1. The number of para-hydroxylation sites is 2. The number of esters is 1. The number of benzene rings is 3. The van der Waals surface area contributed by atoms with E-state index in [2.05, 4.69) is 16.8 Å². The van der Waals surface area contributed by atoms with E-state index in [-0.39, 0.29) is 24.8 Å². The van der Waals surface area contributed by atoms with E-state index in [0.29, 0.717) is 29.7 Å². The van der Waals surface area contributed by atoms with Gasteiger partial charge in [0, 0.05) is 16.5 Å². The fraction of sp³-hybridized carbons (Fsp3) is 0.323. The van der Waals surface area contributed by atoms with Crippen molar-refractivity contribution in [2.45, 2.75) is 51.7 Å². The minimum absolute atomic E-state index is 0.138. The summed E-state index contributed by atoms with van der Waals surface area (Å²) in [6, 6.07) is 19.5. The molecule has 1 aliphatic carbocycles. The lowest BCUT2D eigenvalue weighted by Crippen LogP contribution is -2.19. The maximum absolute atomic E-state index is 12.1. The summed E-state index contributed by atoms with van der Waals surface area (Å²) in [5.74, 6) is 0.672. The molecule has 1 fully saturated rings. The highest BCUT2D eigenvalue weighted by Crippen LogP contribution is 2.38. The summed E-state index contributed by atoms with van der Waals surface area (Å²) in [6.07, 6.45) is 4.69. The van der Waals surface area contributed by atoms with Crippen molar-refractivity contribution in [3.05, 3.63) is 77.5 Å². The second-order valence-electron chi connectivity index (χ2n) is 9.81. The molecule has 4 aromatic rings. The zero-order valence-electron chi connectivity index (χ0n) is 22.8. The first-order valence-electron chi connectivity index (χ1n) is 13.6. The van der Waals surface area contributed by atoms with E-state index in [1.807, 2.05) is 47.9 Å². The van der Waals surface area contributed by atoms with Crippen LogP contribution in [0.3, 0.4) is 0 Å². The lowest BCUT2D eigenvalue weighted by molar-refractivity contribution is -0.142. The molecule has 1 heterocycles. The van der Waals surface area contributed by atoms with E-state index < -0.39 is 0 Å². The summed E-state index contributed by atoms with van der Waals surface area (Å²) < 4.78 is 19.2. The highest BCUT2D eigenvalue weighted by Gasteiger charge is 2.23. The number of hydroxylamine groups is 1. The fourth-order valence-corrected chi connectivity index (χ4v) is 5.45. The molecule has 5 rings (SSSR count). The summed E-state index contributed by atoms with van der Waals surface area (Å²) >= 11 is 0. The molecule has 0 saturated heterocycles. The van der Waals surface area contributed by atoms with Crippen LogP contribution in [0.2, 0.25) is 0 Å². The topological polar surface area (TPSA) is 119 Å². The number of hydrogen-bond donors (Lipinski definition) is 3. The van der Waals surface area contributed by atoms with Crippen molar-refractivity contribution in [3.63, 3.8) is 0 Å². The highest BCUT2D eigenvalue weighted by molar-refractivity contribution is 6.01. The Kier molecular flexibility index (Phi) is 8.31. The molecule has 0 aliphatic heterocycles. The van der Waals surface area contributed by atoms with Gasteiger partial charge in [-0.3, -0.25) is 25.6 Å². The van der Waals surface area contributed by atoms with E-state index >= 15 is 0 Å². The minimum Gasteiger partial charge on any atom is -0.495 e. The molecular formula is C31H34N4O5. The number of fused-ring (bicyclic) bond motifs is 1. The molecule has 3 N–H and O–H groups in total. The van der Waals surface area contributed by atoms with Gasteiger partial charge < -0.3 is 14.2 Å². The molecule has 0 unspecified atom stereocenters. The van der Waals surface area contributed by atoms with E-state index in [0.717, 1.165) is 46.1 Å². The summed E-state index contributed by atoms with van der Waals surface area (Å²) in [5.41, 5.74) is 6.65. The van der Waals surface area contributed by atoms with Crippen LogP contribution in [0.5, 0.6) is 11.5 Å². The van der Waals surface area contributed by atoms with Crippen LogP contribution in [0.4, 0.5) is 0 Å². The molecular weight excluding hydrogens is 508 g/mol. The zero-order valence-corrected chi connectivity index (χ0v) is 22.8. The van der Waals surface area contributed by atoms with Crippen LogP contribution < -0.4 is 15.0 Å². The van der Waals surface area contributed by atoms with Crippen molar-refractivity contribution in [1.29, 1.82) is 5.41 Å². The number of nitrogens with one attached hydrogen (secondary N) is 2. The number of methoxy groups -OCH3 is 1. The van der Waals surface area contributed by atoms with Crippen LogP contribution in [0.1, 0.15) is 55.5 Å². The van der Waals surface area contributed by atoms with Crippen LogP contribution in [-0.4, -0.2) is 40.5 Å². The van der Waals surface area contributed by atoms with Crippen molar-refractivity contribution < 1.29 is 24.2 Å². The zero-order chi connectivity index (χ0) is 28.1. The molecule has 0 spiro atoms. The molecule has 1 aromatic heterocycles. The number of ether oxygens (including phenoxy) is 3. The van der Waals surface area contributed by atoms with E-state index in [9.17, 15) is 10.0 Å². The Morgan fingerprint density at radius 2 is 1.93 bits per heavy atom. The number of amidine groups is 1. The van der Waals surface area contributed by atoms with E-state index in [1.54, 1.807) is 20.1 Å². The van der Waals surface area contributed by atoms with Crippen molar-refractivity contribution in [3.8, 4) is 22.6 Å². The normalized spacial score (nSPS) is 13.4. The lowest BCUT2D eigenvalue weighted by Gasteiger charge is -2.15. The Morgan fingerprint density at radius 3 is 2.67 bits per heavy atom. The molecule has 0 amide bonds. The van der Waals surface area contributed by atoms with Gasteiger partial charge in [0.05, 0.1) is 37.3 Å². The van der Waals surface area contributed by atoms with Crippen molar-refractivity contribution in [2.75, 3.05) is 13.7 Å². The van der Waals surface area contributed by atoms with Gasteiger partial charge in [-0.15, -0.1) is 0 Å². The summed E-state index contributed by atoms with van der Waals surface area (Å²) in [4.78, 5) is 12.1. The molecule has 1 saturated carbocycles. The predicted octanol–water partition coefficient (Wildman–Crippen LogP) is 5.82. The molecule has 208 valence electrons. The number of aromatic nitrogens is 2. The largest absolute Gasteiger partial charge is 0.495 e. The average Bonchev–Trinajstić information content (AvgIpc) is 3.64. The van der Waals surface area contributed by atoms with Gasteiger partial charge in [0.2, 0.25) is 0 Å². The molecule has 3 aromatic carbocycles. The number of carbonyl (C=O) groups excluding carboxylic acids is 1. The molecule has 9 nitrogen and oxygen atoms in total. The van der Waals surface area contributed by atoms with Crippen LogP contribution in [0, 0.1) is 5.41 Å². The van der Waals surface area contributed by atoms with Gasteiger partial charge in [0.15, 0.2) is 5.84 Å². The first-order valence-corrected chi connectivity index (χ1v) is 13.6. The van der Waals surface area contributed by atoms with E-state index in [4.69, 9.17) is 24.7 Å². The lowest BCUT2D eigenvalue weighted by atomic mass is 9.99. The summed E-state index contributed by atoms with van der Waals surface area (Å²) in [7, 11) is 1.55. The first-order chi connectivity index (χ1) is 19.5. The second kappa shape index (κ2) is 12.2. The Bertz CT molecular complexity index is 1520. The molecule has 0 radical (unpaired) electrons. The Morgan fingerprint density at radius 1 is 1.12 bits per heavy atom. The van der Waals surface area contributed by atoms with Gasteiger partial charge >= 0.3 is 5.97 Å². The third-order valence-electron chi connectivity index (χ3n) is 7.34. The van der Waals surface area contributed by atoms with Crippen LogP contribution >= 0.6 is 0 Å². The highest BCUT2D eigenvalue weighted by atomic mass is 16.5. The van der Waals surface area contributed by atoms with Gasteiger partial charge in [0.1, 0.15) is 23.8 Å². The van der Waals surface area contributed by atoms with Crippen molar-refractivity contribution >= 4 is 22.7 Å². The van der Waals surface area contributed by atoms with Crippen LogP contribution in [0.25, 0.3) is 22.0 Å². The molecule has 0 atom stereocenters. The summed E-state index contributed by atoms with van der Waals surface area (Å²) in [6.45, 7) is 2.36. The smallest absolute Gasteiger partial charge is 0.310 e. The Labute approximate surface area is 233 Å². The quantitative estimate of drug-likeness (QED) is 0.100. The van der Waals surface area contributed by atoms with Crippen LogP contribution in [-0.2, 0) is 22.6 Å². The van der Waals surface area contributed by atoms with Crippen molar-refractivity contribution in [1.82, 2.24) is 15.3 Å². The monoisotopic (exact) mass is 542 g/mol. The SMILES string of the molecule is CCOC(=O)Cc1ccccc1OCc1nn(C2CCCC2)c2ccc(-c3cccc(C(=N)NO)c3OC)cc12. The summed E-state index contributed by atoms with van der Waals surface area (Å²) in [5, 5.41) is 23.4. The average molecular weight is 543 g/mol. The van der Waals surface area contributed by atoms with Gasteiger partial charge in [0.25, 0.3) is 0 Å². The van der Waals surface area contributed by atoms with Gasteiger partial charge in [-0.05, 0) is 49.6 Å².